The maximum Gasteiger partial charge on any atom is 0.303 e. The van der Waals surface area contributed by atoms with E-state index in [2.05, 4.69) is 15.3 Å². The number of primary amides is 1. The molecule has 3 rings (SSSR count). The molecule has 0 aliphatic rings. The minimum Gasteiger partial charge on any atom is -0.481 e. The zero-order valence-electron chi connectivity index (χ0n) is 15.3. The summed E-state index contributed by atoms with van der Waals surface area (Å²) in [4.78, 5) is 43.7. The molecule has 0 saturated heterocycles. The van der Waals surface area contributed by atoms with Crippen molar-refractivity contribution in [2.45, 2.75) is 32.2 Å². The minimum absolute atomic E-state index is 0.0763. The number of carboxylic acids is 1. The van der Waals surface area contributed by atoms with E-state index in [9.17, 15) is 14.4 Å². The monoisotopic (exact) mass is 385 g/mol. The Morgan fingerprint density at radius 3 is 2.71 bits per heavy atom. The first-order valence-electron chi connectivity index (χ1n) is 8.44. The fourth-order valence-corrected chi connectivity index (χ4v) is 2.72. The van der Waals surface area contributed by atoms with Gasteiger partial charge in [0.1, 0.15) is 17.7 Å². The molecule has 0 saturated carbocycles. The van der Waals surface area contributed by atoms with Crippen LogP contribution < -0.4 is 11.1 Å². The standard InChI is InChI=1S/C18H19N5O5/c1-18(2,6-5-13(24)25)22-17(27)11-8-10(12-4-3-7-28-12)21-16-14(15(19)26)20-9-23(11)16/h3-4,7-9H,5-6H2,1-2H3,(H2,19,26)(H,22,27)(H,24,25). The molecule has 0 atom stereocenters. The number of nitrogens with two attached hydrogens (primary N) is 1. The van der Waals surface area contributed by atoms with Crippen molar-refractivity contribution in [1.29, 1.82) is 0 Å². The van der Waals surface area contributed by atoms with E-state index >= 15 is 0 Å². The zero-order chi connectivity index (χ0) is 20.5. The lowest BCUT2D eigenvalue weighted by Gasteiger charge is -2.25. The normalized spacial score (nSPS) is 11.5. The molecular weight excluding hydrogens is 366 g/mol. The van der Waals surface area contributed by atoms with E-state index in [4.69, 9.17) is 15.3 Å². The summed E-state index contributed by atoms with van der Waals surface area (Å²) in [5, 5.41) is 11.7. The first-order chi connectivity index (χ1) is 13.2. The van der Waals surface area contributed by atoms with Crippen molar-refractivity contribution in [1.82, 2.24) is 19.7 Å². The predicted octanol–water partition coefficient (Wildman–Crippen LogP) is 1.46. The molecule has 3 heterocycles. The van der Waals surface area contributed by atoms with E-state index in [0.717, 1.165) is 0 Å². The SMILES string of the molecule is CC(C)(CCC(=O)O)NC(=O)c1cc(-c2ccco2)nc2c(C(N)=O)ncn12. The van der Waals surface area contributed by atoms with Gasteiger partial charge in [0.15, 0.2) is 17.1 Å². The molecule has 0 radical (unpaired) electrons. The van der Waals surface area contributed by atoms with Crippen molar-refractivity contribution >= 4 is 23.4 Å². The Kier molecular flexibility index (Phi) is 4.87. The van der Waals surface area contributed by atoms with Crippen LogP contribution in [-0.4, -0.2) is 42.8 Å². The van der Waals surface area contributed by atoms with Crippen LogP contribution in [0.1, 0.15) is 47.7 Å². The number of carbonyl (C=O) groups excluding carboxylic acids is 2. The van der Waals surface area contributed by atoms with Crippen LogP contribution in [0.4, 0.5) is 0 Å². The van der Waals surface area contributed by atoms with Gasteiger partial charge in [-0.2, -0.15) is 0 Å². The van der Waals surface area contributed by atoms with Crippen LogP contribution in [0.2, 0.25) is 0 Å². The van der Waals surface area contributed by atoms with Crippen LogP contribution in [0.25, 0.3) is 17.1 Å². The van der Waals surface area contributed by atoms with Crippen molar-refractivity contribution < 1.29 is 23.9 Å². The van der Waals surface area contributed by atoms with Crippen molar-refractivity contribution in [3.8, 4) is 11.5 Å². The summed E-state index contributed by atoms with van der Waals surface area (Å²) in [6.45, 7) is 3.45. The Morgan fingerprint density at radius 2 is 2.11 bits per heavy atom. The molecule has 0 aliphatic carbocycles. The Labute approximate surface area is 159 Å². The van der Waals surface area contributed by atoms with E-state index in [0.29, 0.717) is 11.5 Å². The second-order valence-corrected chi connectivity index (χ2v) is 6.89. The molecule has 0 spiro atoms. The average Bonchev–Trinajstić information content (AvgIpc) is 3.28. The van der Waals surface area contributed by atoms with Crippen LogP contribution in [-0.2, 0) is 4.79 Å². The summed E-state index contributed by atoms with van der Waals surface area (Å²) in [5.74, 6) is -1.81. The minimum atomic E-state index is -0.950. The lowest BCUT2D eigenvalue weighted by molar-refractivity contribution is -0.137. The van der Waals surface area contributed by atoms with Gasteiger partial charge in [0.25, 0.3) is 11.8 Å². The zero-order valence-corrected chi connectivity index (χ0v) is 15.3. The fourth-order valence-electron chi connectivity index (χ4n) is 2.72. The third kappa shape index (κ3) is 3.85. The lowest BCUT2D eigenvalue weighted by Crippen LogP contribution is -2.44. The fraction of sp³-hybridized carbons (Fsp3) is 0.278. The highest BCUT2D eigenvalue weighted by Gasteiger charge is 2.25. The van der Waals surface area contributed by atoms with Crippen LogP contribution >= 0.6 is 0 Å². The van der Waals surface area contributed by atoms with Crippen LogP contribution in [0.5, 0.6) is 0 Å². The molecule has 4 N–H and O–H groups in total. The number of fused-ring (bicyclic) bond motifs is 1. The number of carboxylic acid groups (broad SMARTS) is 1. The highest BCUT2D eigenvalue weighted by molar-refractivity contribution is 5.99. The number of aliphatic carboxylic acids is 1. The van der Waals surface area contributed by atoms with Gasteiger partial charge in [-0.1, -0.05) is 0 Å². The predicted molar refractivity (Wildman–Crippen MR) is 97.6 cm³/mol. The molecule has 0 aliphatic heterocycles. The Morgan fingerprint density at radius 1 is 1.36 bits per heavy atom. The van der Waals surface area contributed by atoms with Crippen LogP contribution in [0.3, 0.4) is 0 Å². The van der Waals surface area contributed by atoms with Gasteiger partial charge in [-0.3, -0.25) is 18.8 Å². The molecule has 28 heavy (non-hydrogen) atoms. The molecule has 3 aromatic heterocycles. The molecular formula is C18H19N5O5. The van der Waals surface area contributed by atoms with Crippen molar-refractivity contribution in [2.75, 3.05) is 0 Å². The number of amides is 2. The first-order valence-corrected chi connectivity index (χ1v) is 8.44. The van der Waals surface area contributed by atoms with Gasteiger partial charge >= 0.3 is 5.97 Å². The number of nitrogens with zero attached hydrogens (tertiary/aromatic N) is 3. The molecule has 10 nitrogen and oxygen atoms in total. The van der Waals surface area contributed by atoms with Gasteiger partial charge in [0.2, 0.25) is 0 Å². The second kappa shape index (κ2) is 7.14. The number of rotatable bonds is 7. The van der Waals surface area contributed by atoms with Gasteiger partial charge in [0, 0.05) is 12.0 Å². The quantitative estimate of drug-likeness (QED) is 0.556. The highest BCUT2D eigenvalue weighted by atomic mass is 16.4. The van der Waals surface area contributed by atoms with Crippen LogP contribution in [0.15, 0.2) is 35.2 Å². The van der Waals surface area contributed by atoms with Gasteiger partial charge in [-0.25, -0.2) is 9.97 Å². The molecule has 0 bridgehead atoms. The molecule has 3 aromatic rings. The van der Waals surface area contributed by atoms with Crippen molar-refractivity contribution in [3.63, 3.8) is 0 Å². The van der Waals surface area contributed by atoms with Crippen molar-refractivity contribution in [3.05, 3.63) is 42.2 Å². The topological polar surface area (TPSA) is 153 Å². The second-order valence-electron chi connectivity index (χ2n) is 6.89. The van der Waals surface area contributed by atoms with Gasteiger partial charge in [-0.05, 0) is 38.5 Å². The number of imidazole rings is 1. The molecule has 0 aromatic carbocycles. The van der Waals surface area contributed by atoms with E-state index in [-0.39, 0.29) is 29.9 Å². The first kappa shape index (κ1) is 19.1. The molecule has 0 unspecified atom stereocenters. The van der Waals surface area contributed by atoms with E-state index in [1.54, 1.807) is 26.0 Å². The molecule has 10 heteroatoms. The van der Waals surface area contributed by atoms with Gasteiger partial charge < -0.3 is 20.6 Å². The summed E-state index contributed by atoms with van der Waals surface area (Å²) in [5.41, 5.74) is 5.10. The molecule has 2 amide bonds. The number of hydrogen-bond acceptors (Lipinski definition) is 6. The Hall–Kier alpha value is -3.69. The Bertz CT molecular complexity index is 1050. The number of carbonyl (C=O) groups is 3. The van der Waals surface area contributed by atoms with E-state index < -0.39 is 23.3 Å². The molecule has 146 valence electrons. The number of furan rings is 1. The van der Waals surface area contributed by atoms with Gasteiger partial charge in [0.05, 0.1) is 6.26 Å². The summed E-state index contributed by atoms with van der Waals surface area (Å²) >= 11 is 0. The maximum atomic E-state index is 12.9. The summed E-state index contributed by atoms with van der Waals surface area (Å²) < 4.78 is 6.70. The smallest absolute Gasteiger partial charge is 0.303 e. The molecule has 0 fully saturated rings. The largest absolute Gasteiger partial charge is 0.481 e. The van der Waals surface area contributed by atoms with Crippen molar-refractivity contribution in [2.24, 2.45) is 5.73 Å². The number of nitrogens with one attached hydrogen (secondary N) is 1. The number of hydrogen-bond donors (Lipinski definition) is 3. The lowest BCUT2D eigenvalue weighted by atomic mass is 9.98. The third-order valence-electron chi connectivity index (χ3n) is 4.16. The third-order valence-corrected chi connectivity index (χ3v) is 4.16. The summed E-state index contributed by atoms with van der Waals surface area (Å²) in [7, 11) is 0. The average molecular weight is 385 g/mol. The van der Waals surface area contributed by atoms with Gasteiger partial charge in [-0.15, -0.1) is 0 Å². The highest BCUT2D eigenvalue weighted by Crippen LogP contribution is 2.22. The van der Waals surface area contributed by atoms with Crippen LogP contribution in [0, 0.1) is 0 Å². The summed E-state index contributed by atoms with van der Waals surface area (Å²) in [6.07, 6.45) is 2.90. The summed E-state index contributed by atoms with van der Waals surface area (Å²) in [6, 6.07) is 4.83. The Balaban J connectivity index is 2.05. The van der Waals surface area contributed by atoms with E-state index in [1.165, 1.54) is 23.1 Å². The maximum absolute atomic E-state index is 12.9. The number of aromatic nitrogens is 3. The van der Waals surface area contributed by atoms with E-state index in [1.807, 2.05) is 0 Å².